The van der Waals surface area contributed by atoms with Gasteiger partial charge in [-0.25, -0.2) is 4.98 Å². The summed E-state index contributed by atoms with van der Waals surface area (Å²) < 4.78 is 0. The fourth-order valence-electron chi connectivity index (χ4n) is 2.38. The standard InChI is InChI=1S/C13H22N2OS/c16-12(13-14-7-11-17-13)6-2-5-10-15-8-3-1-4-9-15/h7,11-12,16H,1-6,8-10H2. The molecule has 1 aliphatic heterocycles. The molecular weight excluding hydrogens is 232 g/mol. The van der Waals surface area contributed by atoms with Crippen molar-refractivity contribution in [2.75, 3.05) is 19.6 Å². The van der Waals surface area contributed by atoms with Crippen LogP contribution in [0.5, 0.6) is 0 Å². The summed E-state index contributed by atoms with van der Waals surface area (Å²) >= 11 is 1.55. The molecule has 0 bridgehead atoms. The highest BCUT2D eigenvalue weighted by molar-refractivity contribution is 7.09. The second-order valence-corrected chi connectivity index (χ2v) is 5.71. The fraction of sp³-hybridized carbons (Fsp3) is 0.769. The van der Waals surface area contributed by atoms with Gasteiger partial charge in [0.05, 0.1) is 0 Å². The van der Waals surface area contributed by atoms with E-state index < -0.39 is 0 Å². The van der Waals surface area contributed by atoms with Gasteiger partial charge in [0.25, 0.3) is 0 Å². The molecule has 1 saturated heterocycles. The lowest BCUT2D eigenvalue weighted by atomic mass is 10.1. The van der Waals surface area contributed by atoms with Gasteiger partial charge in [0.2, 0.25) is 0 Å². The third kappa shape index (κ3) is 4.37. The molecule has 1 N–H and O–H groups in total. The van der Waals surface area contributed by atoms with E-state index in [9.17, 15) is 5.11 Å². The summed E-state index contributed by atoms with van der Waals surface area (Å²) in [5.74, 6) is 0. The second kappa shape index (κ2) is 7.09. The van der Waals surface area contributed by atoms with Crippen LogP contribution < -0.4 is 0 Å². The largest absolute Gasteiger partial charge is 0.386 e. The van der Waals surface area contributed by atoms with E-state index in [2.05, 4.69) is 9.88 Å². The van der Waals surface area contributed by atoms with Crippen LogP contribution in [0.3, 0.4) is 0 Å². The molecule has 1 atom stereocenters. The van der Waals surface area contributed by atoms with Crippen LogP contribution in [0.2, 0.25) is 0 Å². The Bertz CT molecular complexity index is 296. The molecule has 1 fully saturated rings. The molecule has 2 heterocycles. The van der Waals surface area contributed by atoms with Crippen LogP contribution in [0.15, 0.2) is 11.6 Å². The van der Waals surface area contributed by atoms with E-state index in [0.717, 1.165) is 17.8 Å². The van der Waals surface area contributed by atoms with Gasteiger partial charge in [-0.3, -0.25) is 0 Å². The molecule has 1 aliphatic rings. The lowest BCUT2D eigenvalue weighted by molar-refractivity contribution is 0.158. The second-order valence-electron chi connectivity index (χ2n) is 4.78. The van der Waals surface area contributed by atoms with Crippen molar-refractivity contribution in [2.24, 2.45) is 0 Å². The number of likely N-dealkylation sites (tertiary alicyclic amines) is 1. The number of aliphatic hydroxyl groups excluding tert-OH is 1. The maximum Gasteiger partial charge on any atom is 0.121 e. The third-order valence-corrected chi connectivity index (χ3v) is 4.26. The van der Waals surface area contributed by atoms with Gasteiger partial charge in [-0.1, -0.05) is 6.42 Å². The van der Waals surface area contributed by atoms with Crippen molar-refractivity contribution in [1.29, 1.82) is 0 Å². The molecule has 0 radical (unpaired) electrons. The zero-order valence-corrected chi connectivity index (χ0v) is 11.2. The molecule has 2 rings (SSSR count). The average molecular weight is 254 g/mol. The Kier molecular flexibility index (Phi) is 5.42. The molecule has 1 unspecified atom stereocenters. The van der Waals surface area contributed by atoms with Crippen LogP contribution in [-0.4, -0.2) is 34.6 Å². The van der Waals surface area contributed by atoms with Crippen molar-refractivity contribution in [3.05, 3.63) is 16.6 Å². The van der Waals surface area contributed by atoms with Crippen LogP contribution in [0.4, 0.5) is 0 Å². The fourth-order valence-corrected chi connectivity index (χ4v) is 3.04. The summed E-state index contributed by atoms with van der Waals surface area (Å²) in [6, 6.07) is 0. The predicted molar refractivity (Wildman–Crippen MR) is 71.2 cm³/mol. The van der Waals surface area contributed by atoms with Gasteiger partial charge in [-0.15, -0.1) is 11.3 Å². The Balaban J connectivity index is 1.56. The van der Waals surface area contributed by atoms with Gasteiger partial charge in [0.1, 0.15) is 11.1 Å². The van der Waals surface area contributed by atoms with Crippen molar-refractivity contribution in [1.82, 2.24) is 9.88 Å². The topological polar surface area (TPSA) is 36.4 Å². The predicted octanol–water partition coefficient (Wildman–Crippen LogP) is 2.83. The van der Waals surface area contributed by atoms with Crippen molar-refractivity contribution in [2.45, 2.75) is 44.6 Å². The summed E-state index contributed by atoms with van der Waals surface area (Å²) in [5.41, 5.74) is 0. The van der Waals surface area contributed by atoms with Gasteiger partial charge >= 0.3 is 0 Å². The molecule has 0 amide bonds. The van der Waals surface area contributed by atoms with Crippen LogP contribution in [0.25, 0.3) is 0 Å². The number of rotatable bonds is 6. The Morgan fingerprint density at radius 3 is 2.82 bits per heavy atom. The van der Waals surface area contributed by atoms with E-state index in [1.54, 1.807) is 17.5 Å². The summed E-state index contributed by atoms with van der Waals surface area (Å²) in [6.07, 6.45) is 8.68. The number of unbranched alkanes of at least 4 members (excludes halogenated alkanes) is 1. The van der Waals surface area contributed by atoms with Gasteiger partial charge < -0.3 is 10.0 Å². The lowest BCUT2D eigenvalue weighted by Gasteiger charge is -2.26. The quantitative estimate of drug-likeness (QED) is 0.793. The molecule has 4 heteroatoms. The van der Waals surface area contributed by atoms with E-state index in [1.165, 1.54) is 45.3 Å². The number of piperidine rings is 1. The minimum absolute atomic E-state index is 0.351. The number of hydrogen-bond acceptors (Lipinski definition) is 4. The minimum atomic E-state index is -0.351. The normalized spacial score (nSPS) is 19.4. The summed E-state index contributed by atoms with van der Waals surface area (Å²) in [7, 11) is 0. The first kappa shape index (κ1) is 13.0. The molecule has 96 valence electrons. The molecule has 0 aromatic carbocycles. The first-order valence-electron chi connectivity index (χ1n) is 6.66. The highest BCUT2D eigenvalue weighted by Gasteiger charge is 2.11. The van der Waals surface area contributed by atoms with Crippen molar-refractivity contribution >= 4 is 11.3 Å². The maximum atomic E-state index is 9.88. The zero-order chi connectivity index (χ0) is 11.9. The number of hydrogen-bond donors (Lipinski definition) is 1. The van der Waals surface area contributed by atoms with Crippen molar-refractivity contribution < 1.29 is 5.11 Å². The number of aliphatic hydroxyl groups is 1. The first-order chi connectivity index (χ1) is 8.36. The molecular formula is C13H22N2OS. The number of thiazole rings is 1. The van der Waals surface area contributed by atoms with Crippen molar-refractivity contribution in [3.8, 4) is 0 Å². The third-order valence-electron chi connectivity index (χ3n) is 3.39. The van der Waals surface area contributed by atoms with Gasteiger partial charge in [0.15, 0.2) is 0 Å². The lowest BCUT2D eigenvalue weighted by Crippen LogP contribution is -2.30. The van der Waals surface area contributed by atoms with Gasteiger partial charge in [-0.2, -0.15) is 0 Å². The Morgan fingerprint density at radius 1 is 1.29 bits per heavy atom. The SMILES string of the molecule is OC(CCCCN1CCCCC1)c1nccs1. The van der Waals surface area contributed by atoms with E-state index >= 15 is 0 Å². The molecule has 3 nitrogen and oxygen atoms in total. The van der Waals surface area contributed by atoms with Gasteiger partial charge in [-0.05, 0) is 51.7 Å². The van der Waals surface area contributed by atoms with Crippen LogP contribution in [0, 0.1) is 0 Å². The Labute approximate surface area is 107 Å². The number of nitrogens with zero attached hydrogens (tertiary/aromatic N) is 2. The molecule has 0 aliphatic carbocycles. The summed E-state index contributed by atoms with van der Waals surface area (Å²) in [5, 5.41) is 12.7. The zero-order valence-electron chi connectivity index (χ0n) is 10.3. The Hall–Kier alpha value is -0.450. The van der Waals surface area contributed by atoms with E-state index in [1.807, 2.05) is 5.38 Å². The molecule has 1 aromatic heterocycles. The van der Waals surface area contributed by atoms with E-state index in [0.29, 0.717) is 0 Å². The molecule has 0 spiro atoms. The maximum absolute atomic E-state index is 9.88. The smallest absolute Gasteiger partial charge is 0.121 e. The highest BCUT2D eigenvalue weighted by Crippen LogP contribution is 2.21. The average Bonchev–Trinajstić information content (AvgIpc) is 2.89. The highest BCUT2D eigenvalue weighted by atomic mass is 32.1. The van der Waals surface area contributed by atoms with Crippen LogP contribution in [-0.2, 0) is 0 Å². The van der Waals surface area contributed by atoms with Crippen molar-refractivity contribution in [3.63, 3.8) is 0 Å². The molecule has 0 saturated carbocycles. The monoisotopic (exact) mass is 254 g/mol. The first-order valence-corrected chi connectivity index (χ1v) is 7.54. The molecule has 17 heavy (non-hydrogen) atoms. The molecule has 1 aromatic rings. The van der Waals surface area contributed by atoms with Gasteiger partial charge in [0, 0.05) is 11.6 Å². The summed E-state index contributed by atoms with van der Waals surface area (Å²) in [4.78, 5) is 6.70. The van der Waals surface area contributed by atoms with Crippen LogP contribution >= 0.6 is 11.3 Å². The number of aromatic nitrogens is 1. The summed E-state index contributed by atoms with van der Waals surface area (Å²) in [6.45, 7) is 3.74. The van der Waals surface area contributed by atoms with E-state index in [-0.39, 0.29) is 6.10 Å². The Morgan fingerprint density at radius 2 is 2.12 bits per heavy atom. The minimum Gasteiger partial charge on any atom is -0.386 e. The van der Waals surface area contributed by atoms with E-state index in [4.69, 9.17) is 0 Å². The van der Waals surface area contributed by atoms with Crippen LogP contribution in [0.1, 0.15) is 49.6 Å².